The Balaban J connectivity index is 1.61. The second-order valence-corrected chi connectivity index (χ2v) is 7.38. The van der Waals surface area contributed by atoms with Gasteiger partial charge in [-0.1, -0.05) is 45.6 Å². The third-order valence-electron chi connectivity index (χ3n) is 4.87. The minimum absolute atomic E-state index is 0.346. The van der Waals surface area contributed by atoms with Gasteiger partial charge in [-0.2, -0.15) is 10.2 Å². The van der Waals surface area contributed by atoms with Crippen molar-refractivity contribution in [1.29, 1.82) is 0 Å². The molecule has 5 heteroatoms. The number of esters is 1. The predicted molar refractivity (Wildman–Crippen MR) is 120 cm³/mol. The molecule has 1 aromatic carbocycles. The van der Waals surface area contributed by atoms with E-state index in [0.717, 1.165) is 61.2 Å². The Morgan fingerprint density at radius 2 is 1.63 bits per heavy atom. The molecule has 1 heterocycles. The molecule has 0 aliphatic heterocycles. The predicted octanol–water partition coefficient (Wildman–Crippen LogP) is 5.93. The van der Waals surface area contributed by atoms with Crippen LogP contribution in [0.15, 0.2) is 49.1 Å². The van der Waals surface area contributed by atoms with Crippen LogP contribution in [0.2, 0.25) is 0 Å². The fourth-order valence-electron chi connectivity index (χ4n) is 3.08. The number of hydrogen-bond acceptors (Lipinski definition) is 5. The zero-order valence-electron chi connectivity index (χ0n) is 18.1. The SMILES string of the molecule is C=CC(=O)OCCCCCCCOc1ccc(-c2ccc(CCCCC)nn2)cc1. The largest absolute Gasteiger partial charge is 0.494 e. The Morgan fingerprint density at radius 1 is 0.900 bits per heavy atom. The second kappa shape index (κ2) is 14.3. The average molecular weight is 411 g/mol. The molecule has 0 unspecified atom stereocenters. The van der Waals surface area contributed by atoms with Gasteiger partial charge in [0, 0.05) is 11.6 Å². The van der Waals surface area contributed by atoms with Gasteiger partial charge in [0.25, 0.3) is 0 Å². The van der Waals surface area contributed by atoms with Crippen molar-refractivity contribution in [2.75, 3.05) is 13.2 Å². The molecular weight excluding hydrogens is 376 g/mol. The van der Waals surface area contributed by atoms with Gasteiger partial charge in [-0.25, -0.2) is 4.79 Å². The number of ether oxygens (including phenoxy) is 2. The third kappa shape index (κ3) is 9.21. The van der Waals surface area contributed by atoms with Crippen LogP contribution in [0.25, 0.3) is 11.3 Å². The van der Waals surface area contributed by atoms with Crippen LogP contribution in [0.1, 0.15) is 64.0 Å². The Morgan fingerprint density at radius 3 is 2.30 bits per heavy atom. The summed E-state index contributed by atoms with van der Waals surface area (Å²) in [5, 5.41) is 8.71. The quantitative estimate of drug-likeness (QED) is 0.207. The van der Waals surface area contributed by atoms with E-state index in [1.54, 1.807) is 0 Å². The van der Waals surface area contributed by atoms with Crippen LogP contribution in [0.3, 0.4) is 0 Å². The summed E-state index contributed by atoms with van der Waals surface area (Å²) in [6.07, 6.45) is 11.0. The van der Waals surface area contributed by atoms with Crippen molar-refractivity contribution in [1.82, 2.24) is 10.2 Å². The van der Waals surface area contributed by atoms with Crippen molar-refractivity contribution >= 4 is 5.97 Å². The van der Waals surface area contributed by atoms with Gasteiger partial charge < -0.3 is 9.47 Å². The van der Waals surface area contributed by atoms with Crippen LogP contribution in [0.5, 0.6) is 5.75 Å². The normalized spacial score (nSPS) is 10.6. The van der Waals surface area contributed by atoms with E-state index in [9.17, 15) is 4.79 Å². The molecule has 0 bridgehead atoms. The van der Waals surface area contributed by atoms with E-state index in [4.69, 9.17) is 9.47 Å². The Kier molecular flexibility index (Phi) is 11.3. The molecule has 162 valence electrons. The molecule has 2 aromatic rings. The Labute approximate surface area is 180 Å². The van der Waals surface area contributed by atoms with Crippen molar-refractivity contribution in [2.45, 2.75) is 64.7 Å². The highest BCUT2D eigenvalue weighted by atomic mass is 16.5. The maximum absolute atomic E-state index is 10.9. The molecule has 0 radical (unpaired) electrons. The highest BCUT2D eigenvalue weighted by molar-refractivity contribution is 5.81. The summed E-state index contributed by atoms with van der Waals surface area (Å²) in [5.74, 6) is 0.528. The van der Waals surface area contributed by atoms with Gasteiger partial charge in [-0.05, 0) is 62.1 Å². The molecule has 0 N–H and O–H groups in total. The number of rotatable bonds is 15. The number of benzene rings is 1. The molecule has 5 nitrogen and oxygen atoms in total. The fourth-order valence-corrected chi connectivity index (χ4v) is 3.08. The molecule has 2 rings (SSSR count). The van der Waals surface area contributed by atoms with Gasteiger partial charge in [0.2, 0.25) is 0 Å². The molecule has 0 saturated heterocycles. The van der Waals surface area contributed by atoms with Crippen LogP contribution in [0.4, 0.5) is 0 Å². The van der Waals surface area contributed by atoms with E-state index in [-0.39, 0.29) is 5.97 Å². The lowest BCUT2D eigenvalue weighted by molar-refractivity contribution is -0.137. The number of unbranched alkanes of at least 4 members (excludes halogenated alkanes) is 6. The minimum Gasteiger partial charge on any atom is -0.494 e. The number of carbonyl (C=O) groups excluding carboxylic acids is 1. The Bertz CT molecular complexity index is 742. The average Bonchev–Trinajstić information content (AvgIpc) is 2.79. The summed E-state index contributed by atoms with van der Waals surface area (Å²) in [6, 6.07) is 12.1. The number of hydrogen-bond donors (Lipinski definition) is 0. The highest BCUT2D eigenvalue weighted by Gasteiger charge is 2.03. The number of aryl methyl sites for hydroxylation is 1. The first-order chi connectivity index (χ1) is 14.7. The lowest BCUT2D eigenvalue weighted by Crippen LogP contribution is -2.01. The van der Waals surface area contributed by atoms with Crippen LogP contribution in [-0.2, 0) is 16.0 Å². The maximum Gasteiger partial charge on any atom is 0.330 e. The molecule has 0 aliphatic carbocycles. The standard InChI is InChI=1S/C25H34N2O3/c1-3-5-9-12-22-15-18-24(27-26-22)21-13-16-23(17-14-21)29-19-10-7-6-8-11-20-30-25(28)4-2/h4,13-18H,2-3,5-12,19-20H2,1H3. The smallest absolute Gasteiger partial charge is 0.330 e. The van der Waals surface area contributed by atoms with Gasteiger partial charge in [-0.3, -0.25) is 0 Å². The lowest BCUT2D eigenvalue weighted by Gasteiger charge is -2.07. The molecule has 30 heavy (non-hydrogen) atoms. The van der Waals surface area contributed by atoms with E-state index in [1.165, 1.54) is 25.3 Å². The molecule has 0 atom stereocenters. The summed E-state index contributed by atoms with van der Waals surface area (Å²) in [6.45, 7) is 6.76. The lowest BCUT2D eigenvalue weighted by atomic mass is 10.1. The first kappa shape index (κ1) is 23.6. The molecular formula is C25H34N2O3. The van der Waals surface area contributed by atoms with Crippen LogP contribution in [-0.4, -0.2) is 29.4 Å². The van der Waals surface area contributed by atoms with Crippen LogP contribution >= 0.6 is 0 Å². The number of nitrogens with zero attached hydrogens (tertiary/aromatic N) is 2. The number of carbonyl (C=O) groups is 1. The van der Waals surface area contributed by atoms with E-state index in [1.807, 2.05) is 30.3 Å². The first-order valence-corrected chi connectivity index (χ1v) is 11.1. The maximum atomic E-state index is 10.9. The second-order valence-electron chi connectivity index (χ2n) is 7.38. The van der Waals surface area contributed by atoms with Crippen molar-refractivity contribution in [2.24, 2.45) is 0 Å². The van der Waals surface area contributed by atoms with Crippen molar-refractivity contribution in [3.8, 4) is 17.0 Å². The Hall–Kier alpha value is -2.69. The molecule has 0 fully saturated rings. The van der Waals surface area contributed by atoms with Crippen LogP contribution in [0, 0.1) is 0 Å². The van der Waals surface area contributed by atoms with Gasteiger partial charge >= 0.3 is 5.97 Å². The third-order valence-corrected chi connectivity index (χ3v) is 4.87. The minimum atomic E-state index is -0.346. The van der Waals surface area contributed by atoms with Crippen molar-refractivity contribution in [3.63, 3.8) is 0 Å². The summed E-state index contributed by atoms with van der Waals surface area (Å²) >= 11 is 0. The fraction of sp³-hybridized carbons (Fsp3) is 0.480. The molecule has 0 saturated carbocycles. The van der Waals surface area contributed by atoms with Gasteiger partial charge in [0.1, 0.15) is 5.75 Å². The molecule has 0 spiro atoms. The van der Waals surface area contributed by atoms with Crippen molar-refractivity contribution in [3.05, 3.63) is 54.7 Å². The van der Waals surface area contributed by atoms with Gasteiger partial charge in [0.15, 0.2) is 0 Å². The van der Waals surface area contributed by atoms with Gasteiger partial charge in [-0.15, -0.1) is 0 Å². The van der Waals surface area contributed by atoms with E-state index in [2.05, 4.69) is 29.8 Å². The summed E-state index contributed by atoms with van der Waals surface area (Å²) in [5.41, 5.74) is 3.00. The molecule has 1 aromatic heterocycles. The highest BCUT2D eigenvalue weighted by Crippen LogP contribution is 2.21. The van der Waals surface area contributed by atoms with E-state index < -0.39 is 0 Å². The first-order valence-electron chi connectivity index (χ1n) is 11.1. The summed E-state index contributed by atoms with van der Waals surface area (Å²) in [7, 11) is 0. The van der Waals surface area contributed by atoms with E-state index in [0.29, 0.717) is 13.2 Å². The molecule has 0 aliphatic rings. The van der Waals surface area contributed by atoms with Crippen LogP contribution < -0.4 is 4.74 Å². The summed E-state index contributed by atoms with van der Waals surface area (Å²) in [4.78, 5) is 10.9. The zero-order valence-corrected chi connectivity index (χ0v) is 18.1. The monoisotopic (exact) mass is 410 g/mol. The molecule has 0 amide bonds. The van der Waals surface area contributed by atoms with E-state index >= 15 is 0 Å². The zero-order chi connectivity index (χ0) is 21.4. The van der Waals surface area contributed by atoms with Gasteiger partial charge in [0.05, 0.1) is 24.6 Å². The summed E-state index contributed by atoms with van der Waals surface area (Å²) < 4.78 is 10.8. The number of aromatic nitrogens is 2. The van der Waals surface area contributed by atoms with Crippen molar-refractivity contribution < 1.29 is 14.3 Å². The topological polar surface area (TPSA) is 61.3 Å².